The van der Waals surface area contributed by atoms with Crippen LogP contribution < -0.4 is 5.32 Å². The van der Waals surface area contributed by atoms with Crippen LogP contribution in [-0.4, -0.2) is 37.9 Å². The second-order valence-electron chi connectivity index (χ2n) is 6.39. The molecule has 0 heterocycles. The molecule has 1 rings (SSSR count). The first-order valence-electron chi connectivity index (χ1n) is 7.41. The summed E-state index contributed by atoms with van der Waals surface area (Å²) in [6.45, 7) is 6.46. The summed E-state index contributed by atoms with van der Waals surface area (Å²) in [5, 5.41) is 12.6. The Hall–Kier alpha value is -0.610. The zero-order valence-electron chi connectivity index (χ0n) is 12.6. The van der Waals surface area contributed by atoms with Gasteiger partial charge < -0.3 is 15.2 Å². The van der Waals surface area contributed by atoms with Gasteiger partial charge in [0, 0.05) is 26.8 Å². The summed E-state index contributed by atoms with van der Waals surface area (Å²) in [7, 11) is 1.74. The van der Waals surface area contributed by atoms with Crippen LogP contribution in [0, 0.1) is 17.3 Å². The van der Waals surface area contributed by atoms with E-state index in [1.54, 1.807) is 7.11 Å². The fourth-order valence-corrected chi connectivity index (χ4v) is 2.86. The zero-order chi connectivity index (χ0) is 14.3. The first kappa shape index (κ1) is 16.4. The Labute approximate surface area is 116 Å². The zero-order valence-corrected chi connectivity index (χ0v) is 12.6. The number of aliphatic carboxylic acids is 1. The molecule has 0 aliphatic heterocycles. The van der Waals surface area contributed by atoms with Gasteiger partial charge in [0.15, 0.2) is 0 Å². The summed E-state index contributed by atoms with van der Waals surface area (Å²) >= 11 is 0. The minimum absolute atomic E-state index is 0.264. The predicted molar refractivity (Wildman–Crippen MR) is 76.2 cm³/mol. The summed E-state index contributed by atoms with van der Waals surface area (Å²) in [5.74, 6) is -0.519. The van der Waals surface area contributed by atoms with Gasteiger partial charge in [0.2, 0.25) is 0 Å². The molecule has 0 saturated heterocycles. The first-order valence-corrected chi connectivity index (χ1v) is 7.41. The van der Waals surface area contributed by atoms with Gasteiger partial charge in [-0.2, -0.15) is 0 Å². The minimum atomic E-state index is -0.680. The Balaban J connectivity index is 2.31. The van der Waals surface area contributed by atoms with Crippen molar-refractivity contribution in [3.63, 3.8) is 0 Å². The van der Waals surface area contributed by atoms with Crippen molar-refractivity contribution in [3.05, 3.63) is 0 Å². The Bertz CT molecular complexity index is 275. The molecule has 1 unspecified atom stereocenters. The van der Waals surface area contributed by atoms with Gasteiger partial charge in [0.05, 0.1) is 5.92 Å². The number of hydrogen-bond acceptors (Lipinski definition) is 3. The van der Waals surface area contributed by atoms with Crippen LogP contribution in [0.25, 0.3) is 0 Å². The van der Waals surface area contributed by atoms with E-state index in [0.717, 1.165) is 26.0 Å². The Morgan fingerprint density at radius 2 is 2.11 bits per heavy atom. The molecule has 1 atom stereocenters. The van der Waals surface area contributed by atoms with Gasteiger partial charge in [-0.3, -0.25) is 4.79 Å². The van der Waals surface area contributed by atoms with E-state index in [2.05, 4.69) is 19.2 Å². The maximum absolute atomic E-state index is 11.2. The number of nitrogens with one attached hydrogen (secondary N) is 1. The van der Waals surface area contributed by atoms with E-state index in [0.29, 0.717) is 17.9 Å². The molecule has 1 saturated carbocycles. The molecule has 0 spiro atoms. The van der Waals surface area contributed by atoms with Crippen molar-refractivity contribution >= 4 is 5.97 Å². The topological polar surface area (TPSA) is 58.6 Å². The van der Waals surface area contributed by atoms with E-state index in [-0.39, 0.29) is 5.92 Å². The Morgan fingerprint density at radius 1 is 1.42 bits per heavy atom. The van der Waals surface area contributed by atoms with Gasteiger partial charge in [0.25, 0.3) is 0 Å². The molecule has 0 aromatic rings. The van der Waals surface area contributed by atoms with E-state index in [9.17, 15) is 9.90 Å². The number of hydrogen-bond donors (Lipinski definition) is 2. The third-order valence-electron chi connectivity index (χ3n) is 4.25. The lowest BCUT2D eigenvalue weighted by Gasteiger charge is -2.42. The molecule has 1 fully saturated rings. The second-order valence-corrected chi connectivity index (χ2v) is 6.39. The number of carboxylic acids is 1. The highest BCUT2D eigenvalue weighted by Crippen LogP contribution is 2.43. The molecule has 0 aromatic carbocycles. The van der Waals surface area contributed by atoms with E-state index in [1.807, 2.05) is 0 Å². The van der Waals surface area contributed by atoms with Crippen LogP contribution in [0.2, 0.25) is 0 Å². The minimum Gasteiger partial charge on any atom is -0.481 e. The van der Waals surface area contributed by atoms with Crippen LogP contribution in [0.1, 0.15) is 46.0 Å². The molecule has 1 aliphatic carbocycles. The van der Waals surface area contributed by atoms with Crippen LogP contribution in [0.15, 0.2) is 0 Å². The van der Waals surface area contributed by atoms with Gasteiger partial charge >= 0.3 is 5.97 Å². The van der Waals surface area contributed by atoms with Gasteiger partial charge in [-0.1, -0.05) is 20.3 Å². The van der Waals surface area contributed by atoms with E-state index in [1.165, 1.54) is 19.3 Å². The van der Waals surface area contributed by atoms with Gasteiger partial charge in [-0.15, -0.1) is 0 Å². The Kier molecular flexibility index (Phi) is 6.80. The second kappa shape index (κ2) is 7.85. The molecule has 0 radical (unpaired) electrons. The highest BCUT2D eigenvalue weighted by molar-refractivity contribution is 5.70. The molecule has 2 N–H and O–H groups in total. The molecule has 0 amide bonds. The lowest BCUT2D eigenvalue weighted by Crippen LogP contribution is -2.43. The molecule has 19 heavy (non-hydrogen) atoms. The Morgan fingerprint density at radius 3 is 2.53 bits per heavy atom. The van der Waals surface area contributed by atoms with Crippen molar-refractivity contribution in [2.45, 2.75) is 46.0 Å². The van der Waals surface area contributed by atoms with Crippen molar-refractivity contribution in [2.24, 2.45) is 17.3 Å². The smallest absolute Gasteiger partial charge is 0.307 e. The summed E-state index contributed by atoms with van der Waals surface area (Å²) in [5.41, 5.74) is 0.358. The highest BCUT2D eigenvalue weighted by Gasteiger charge is 2.36. The van der Waals surface area contributed by atoms with E-state index < -0.39 is 5.97 Å². The fourth-order valence-electron chi connectivity index (χ4n) is 2.86. The summed E-state index contributed by atoms with van der Waals surface area (Å²) in [6, 6.07) is 0. The molecule has 4 nitrogen and oxygen atoms in total. The van der Waals surface area contributed by atoms with Crippen LogP contribution >= 0.6 is 0 Å². The molecule has 0 aromatic heterocycles. The van der Waals surface area contributed by atoms with Crippen molar-refractivity contribution in [3.8, 4) is 0 Å². The van der Waals surface area contributed by atoms with Crippen LogP contribution in [0.3, 0.4) is 0 Å². The maximum atomic E-state index is 11.2. The van der Waals surface area contributed by atoms with Gasteiger partial charge in [-0.25, -0.2) is 0 Å². The third kappa shape index (κ3) is 5.49. The highest BCUT2D eigenvalue weighted by atomic mass is 16.5. The SMILES string of the molecule is COCCC1(CNCC(CC(C)C)C(=O)O)CCC1. The van der Waals surface area contributed by atoms with Crippen LogP contribution in [0.5, 0.6) is 0 Å². The van der Waals surface area contributed by atoms with Crippen molar-refractivity contribution < 1.29 is 14.6 Å². The van der Waals surface area contributed by atoms with Crippen molar-refractivity contribution in [2.75, 3.05) is 26.8 Å². The van der Waals surface area contributed by atoms with Gasteiger partial charge in [0.1, 0.15) is 0 Å². The average molecular weight is 271 g/mol. The predicted octanol–water partition coefficient (Wildman–Crippen LogP) is 2.53. The standard InChI is InChI=1S/C15H29NO3/c1-12(2)9-13(14(17)18)10-16-11-15(5-4-6-15)7-8-19-3/h12-13,16H,4-11H2,1-3H3,(H,17,18). The van der Waals surface area contributed by atoms with Crippen LogP contribution in [-0.2, 0) is 9.53 Å². The van der Waals surface area contributed by atoms with Crippen LogP contribution in [0.4, 0.5) is 0 Å². The number of carboxylic acid groups (broad SMARTS) is 1. The number of ether oxygens (including phenoxy) is 1. The molecular weight excluding hydrogens is 242 g/mol. The van der Waals surface area contributed by atoms with Crippen molar-refractivity contribution in [1.82, 2.24) is 5.32 Å². The number of rotatable bonds is 10. The maximum Gasteiger partial charge on any atom is 0.307 e. The van der Waals surface area contributed by atoms with E-state index >= 15 is 0 Å². The lowest BCUT2D eigenvalue weighted by atomic mass is 9.66. The molecule has 1 aliphatic rings. The summed E-state index contributed by atoms with van der Waals surface area (Å²) in [6.07, 6.45) is 5.60. The quantitative estimate of drug-likeness (QED) is 0.641. The lowest BCUT2D eigenvalue weighted by molar-refractivity contribution is -0.142. The molecular formula is C15H29NO3. The average Bonchev–Trinajstić information content (AvgIpc) is 2.29. The fraction of sp³-hybridized carbons (Fsp3) is 0.933. The first-order chi connectivity index (χ1) is 8.99. The molecule has 0 bridgehead atoms. The number of carbonyl (C=O) groups is 1. The normalized spacial score (nSPS) is 19.2. The van der Waals surface area contributed by atoms with E-state index in [4.69, 9.17) is 4.74 Å². The summed E-state index contributed by atoms with van der Waals surface area (Å²) in [4.78, 5) is 11.2. The summed E-state index contributed by atoms with van der Waals surface area (Å²) < 4.78 is 5.17. The third-order valence-corrected chi connectivity index (χ3v) is 4.25. The van der Waals surface area contributed by atoms with Gasteiger partial charge in [-0.05, 0) is 37.0 Å². The molecule has 112 valence electrons. The largest absolute Gasteiger partial charge is 0.481 e. The number of methoxy groups -OCH3 is 1. The molecule has 4 heteroatoms. The van der Waals surface area contributed by atoms with Crippen molar-refractivity contribution in [1.29, 1.82) is 0 Å². The monoisotopic (exact) mass is 271 g/mol.